The molecule has 5 heteroatoms. The molecule has 14 heavy (non-hydrogen) atoms. The summed E-state index contributed by atoms with van der Waals surface area (Å²) in [5.41, 5.74) is 1.07. The average molecular weight is 214 g/mol. The first-order valence-electron chi connectivity index (χ1n) is 4.30. The lowest BCUT2D eigenvalue weighted by Gasteiger charge is -2.04. The summed E-state index contributed by atoms with van der Waals surface area (Å²) in [7, 11) is -1.75. The van der Waals surface area contributed by atoms with E-state index in [1.165, 1.54) is 7.05 Å². The topological polar surface area (TPSA) is 58.2 Å². The van der Waals surface area contributed by atoms with Crippen LogP contribution in [-0.4, -0.2) is 21.3 Å². The highest BCUT2D eigenvalue weighted by Gasteiger charge is 2.04. The molecule has 2 N–H and O–H groups in total. The number of benzene rings is 1. The van der Waals surface area contributed by atoms with Gasteiger partial charge in [-0.2, -0.15) is 0 Å². The molecule has 0 fully saturated rings. The lowest BCUT2D eigenvalue weighted by Crippen LogP contribution is -2.30. The van der Waals surface area contributed by atoms with Crippen LogP contribution >= 0.6 is 0 Å². The summed E-state index contributed by atoms with van der Waals surface area (Å²) in [5, 5.41) is 2.84. The Balaban J connectivity index is 2.37. The van der Waals surface area contributed by atoms with Gasteiger partial charge in [-0.3, -0.25) is 5.32 Å². The Hall–Kier alpha value is -0.910. The van der Waals surface area contributed by atoms with Gasteiger partial charge in [-0.1, -0.05) is 30.3 Å². The molecule has 0 atom stereocenters. The Morgan fingerprint density at radius 1 is 1.21 bits per heavy atom. The Morgan fingerprint density at radius 3 is 2.43 bits per heavy atom. The first-order chi connectivity index (χ1) is 6.64. The molecule has 1 aromatic rings. The van der Waals surface area contributed by atoms with Crippen molar-refractivity contribution in [3.8, 4) is 0 Å². The fraction of sp³-hybridized carbons (Fsp3) is 0.333. The van der Waals surface area contributed by atoms with Gasteiger partial charge in [-0.15, -0.1) is 0 Å². The first-order valence-corrected chi connectivity index (χ1v) is 5.95. The zero-order valence-electron chi connectivity index (χ0n) is 8.03. The second kappa shape index (κ2) is 5.09. The van der Waals surface area contributed by atoms with Crippen LogP contribution in [0.25, 0.3) is 0 Å². The van der Waals surface area contributed by atoms with E-state index in [-0.39, 0.29) is 5.88 Å². The van der Waals surface area contributed by atoms with Crippen LogP contribution in [-0.2, 0) is 16.6 Å². The lowest BCUT2D eigenvalue weighted by atomic mass is 10.2. The van der Waals surface area contributed by atoms with Crippen LogP contribution in [0.4, 0.5) is 0 Å². The monoisotopic (exact) mass is 214 g/mol. The van der Waals surface area contributed by atoms with Gasteiger partial charge in [0, 0.05) is 6.54 Å². The van der Waals surface area contributed by atoms with Gasteiger partial charge >= 0.3 is 0 Å². The predicted molar refractivity (Wildman–Crippen MR) is 56.1 cm³/mol. The van der Waals surface area contributed by atoms with Gasteiger partial charge in [0.05, 0.1) is 0 Å². The fourth-order valence-electron chi connectivity index (χ4n) is 0.998. The van der Waals surface area contributed by atoms with Crippen molar-refractivity contribution in [1.29, 1.82) is 0 Å². The summed E-state index contributed by atoms with van der Waals surface area (Å²) in [6.45, 7) is 0.557. The number of sulfonamides is 1. The number of hydrogen-bond donors (Lipinski definition) is 2. The SMILES string of the molecule is CNS(=O)(=O)CNCc1ccccc1. The normalized spacial score (nSPS) is 11.5. The number of nitrogens with one attached hydrogen (secondary N) is 2. The van der Waals surface area contributed by atoms with E-state index in [1.807, 2.05) is 30.3 Å². The quantitative estimate of drug-likeness (QED) is 0.740. The Morgan fingerprint density at radius 2 is 1.86 bits per heavy atom. The summed E-state index contributed by atoms with van der Waals surface area (Å²) in [4.78, 5) is 0. The highest BCUT2D eigenvalue weighted by molar-refractivity contribution is 7.89. The third-order valence-corrected chi connectivity index (χ3v) is 2.98. The van der Waals surface area contributed by atoms with Crippen LogP contribution in [0.5, 0.6) is 0 Å². The van der Waals surface area contributed by atoms with Crippen LogP contribution in [0.1, 0.15) is 5.56 Å². The molecular weight excluding hydrogens is 200 g/mol. The fourth-order valence-corrected chi connectivity index (χ4v) is 1.51. The molecule has 0 radical (unpaired) electrons. The van der Waals surface area contributed by atoms with Crippen LogP contribution in [0.3, 0.4) is 0 Å². The van der Waals surface area contributed by atoms with Crippen molar-refractivity contribution in [2.75, 3.05) is 12.9 Å². The van der Waals surface area contributed by atoms with Crippen molar-refractivity contribution < 1.29 is 8.42 Å². The van der Waals surface area contributed by atoms with Crippen molar-refractivity contribution in [2.45, 2.75) is 6.54 Å². The molecule has 0 bridgehead atoms. The maximum Gasteiger partial charge on any atom is 0.224 e. The van der Waals surface area contributed by atoms with Crippen LogP contribution in [0.15, 0.2) is 30.3 Å². The van der Waals surface area contributed by atoms with E-state index in [1.54, 1.807) is 0 Å². The van der Waals surface area contributed by atoms with Crippen molar-refractivity contribution in [2.24, 2.45) is 0 Å². The molecule has 4 nitrogen and oxygen atoms in total. The highest BCUT2D eigenvalue weighted by Crippen LogP contribution is 1.96. The van der Waals surface area contributed by atoms with Gasteiger partial charge in [0.2, 0.25) is 10.0 Å². The molecule has 0 saturated carbocycles. The second-order valence-corrected chi connectivity index (χ2v) is 4.80. The largest absolute Gasteiger partial charge is 0.298 e. The second-order valence-electron chi connectivity index (χ2n) is 2.88. The summed E-state index contributed by atoms with van der Waals surface area (Å²) in [6, 6.07) is 9.65. The van der Waals surface area contributed by atoms with Crippen molar-refractivity contribution in [1.82, 2.24) is 10.0 Å². The maximum absolute atomic E-state index is 11.0. The minimum absolute atomic E-state index is 0.0571. The van der Waals surface area contributed by atoms with E-state index in [9.17, 15) is 8.42 Å². The molecule has 78 valence electrons. The maximum atomic E-state index is 11.0. The van der Waals surface area contributed by atoms with Crippen molar-refractivity contribution >= 4 is 10.0 Å². The van der Waals surface area contributed by atoms with Gasteiger partial charge in [0.25, 0.3) is 0 Å². The molecule has 0 heterocycles. The Labute approximate surface area is 84.4 Å². The van der Waals surface area contributed by atoms with Gasteiger partial charge in [-0.25, -0.2) is 13.1 Å². The summed E-state index contributed by atoms with van der Waals surface area (Å²) in [5.74, 6) is -0.0571. The molecule has 0 unspecified atom stereocenters. The molecule has 1 aromatic carbocycles. The smallest absolute Gasteiger partial charge is 0.224 e. The molecular formula is C9H14N2O2S. The van der Waals surface area contributed by atoms with Crippen molar-refractivity contribution in [3.05, 3.63) is 35.9 Å². The molecule has 0 saturated heterocycles. The molecule has 0 aliphatic heterocycles. The molecule has 0 aromatic heterocycles. The van der Waals surface area contributed by atoms with E-state index < -0.39 is 10.0 Å². The summed E-state index contributed by atoms with van der Waals surface area (Å²) < 4.78 is 24.3. The molecule has 0 spiro atoms. The first kappa shape index (κ1) is 11.2. The number of rotatable bonds is 5. The summed E-state index contributed by atoms with van der Waals surface area (Å²) >= 11 is 0. The summed E-state index contributed by atoms with van der Waals surface area (Å²) in [6.07, 6.45) is 0. The minimum Gasteiger partial charge on any atom is -0.298 e. The molecule has 0 aliphatic carbocycles. The van der Waals surface area contributed by atoms with Gasteiger partial charge in [0.1, 0.15) is 5.88 Å². The van der Waals surface area contributed by atoms with Crippen LogP contribution < -0.4 is 10.0 Å². The molecule has 0 amide bonds. The Bertz CT molecular complexity index is 362. The van der Waals surface area contributed by atoms with Crippen LogP contribution in [0, 0.1) is 0 Å². The third-order valence-electron chi connectivity index (χ3n) is 1.78. The standard InChI is InChI=1S/C9H14N2O2S/c1-10-14(12,13)8-11-7-9-5-3-2-4-6-9/h2-6,10-11H,7-8H2,1H3. The van der Waals surface area contributed by atoms with E-state index >= 15 is 0 Å². The predicted octanol–water partition coefficient (Wildman–Crippen LogP) is 0.283. The van der Waals surface area contributed by atoms with Crippen LogP contribution in [0.2, 0.25) is 0 Å². The van der Waals surface area contributed by atoms with E-state index in [0.29, 0.717) is 6.54 Å². The van der Waals surface area contributed by atoms with Gasteiger partial charge < -0.3 is 0 Å². The van der Waals surface area contributed by atoms with E-state index in [4.69, 9.17) is 0 Å². The van der Waals surface area contributed by atoms with Crippen molar-refractivity contribution in [3.63, 3.8) is 0 Å². The van der Waals surface area contributed by atoms with Gasteiger partial charge in [0.15, 0.2) is 0 Å². The van der Waals surface area contributed by atoms with E-state index in [2.05, 4.69) is 10.0 Å². The lowest BCUT2D eigenvalue weighted by molar-refractivity contribution is 0.579. The minimum atomic E-state index is -3.15. The highest BCUT2D eigenvalue weighted by atomic mass is 32.2. The average Bonchev–Trinajstić information content (AvgIpc) is 2.19. The molecule has 0 aliphatic rings. The van der Waals surface area contributed by atoms with Gasteiger partial charge in [-0.05, 0) is 12.6 Å². The Kier molecular flexibility index (Phi) is 4.06. The zero-order valence-corrected chi connectivity index (χ0v) is 8.84. The molecule has 1 rings (SSSR count). The van der Waals surface area contributed by atoms with E-state index in [0.717, 1.165) is 5.56 Å². The number of hydrogen-bond acceptors (Lipinski definition) is 3. The third kappa shape index (κ3) is 3.87. The zero-order chi connectivity index (χ0) is 10.4.